The molecule has 0 aromatic carbocycles. The maximum Gasteiger partial charge on any atom is 0.200 e. The molecule has 1 unspecified atom stereocenters. The van der Waals surface area contributed by atoms with Crippen LogP contribution >= 0.6 is 0 Å². The Balaban J connectivity index is 3.12. The Morgan fingerprint density at radius 1 is 1.04 bits per heavy atom. The van der Waals surface area contributed by atoms with E-state index >= 15 is 0 Å². The highest BCUT2D eigenvalue weighted by Gasteiger charge is 2.57. The summed E-state index contributed by atoms with van der Waals surface area (Å²) in [5.41, 5.74) is -2.97. The smallest absolute Gasteiger partial charge is 0.200 e. The molecular weight excluding hydrogens is 320 g/mol. The Bertz CT molecular complexity index is 402. The van der Waals surface area contributed by atoms with E-state index in [4.69, 9.17) is 14.9 Å². The van der Waals surface area contributed by atoms with Gasteiger partial charge in [0.25, 0.3) is 0 Å². The molecule has 9 N–H and O–H groups in total. The lowest BCUT2D eigenvalue weighted by Gasteiger charge is -2.46. The third-order valence-electron chi connectivity index (χ3n) is 3.85. The van der Waals surface area contributed by atoms with Gasteiger partial charge in [0.15, 0.2) is 5.60 Å². The second kappa shape index (κ2) is 7.90. The summed E-state index contributed by atoms with van der Waals surface area (Å²) >= 11 is 0. The van der Waals surface area contributed by atoms with Gasteiger partial charge in [0.05, 0.1) is 19.8 Å². The third-order valence-corrected chi connectivity index (χ3v) is 3.85. The van der Waals surface area contributed by atoms with E-state index in [1.165, 1.54) is 0 Å². The monoisotopic (exact) mass is 342 g/mol. The van der Waals surface area contributed by atoms with Crippen molar-refractivity contribution < 1.29 is 55.5 Å². The molecule has 1 saturated heterocycles. The lowest BCUT2D eigenvalue weighted by molar-refractivity contribution is -0.271. The van der Waals surface area contributed by atoms with Crippen LogP contribution in [-0.2, 0) is 9.53 Å². The van der Waals surface area contributed by atoms with Gasteiger partial charge in [0.1, 0.15) is 42.7 Å². The van der Waals surface area contributed by atoms with Crippen molar-refractivity contribution in [1.82, 2.24) is 0 Å². The van der Waals surface area contributed by atoms with Crippen LogP contribution in [0, 0.1) is 0 Å². The van der Waals surface area contributed by atoms with Gasteiger partial charge in [-0.05, 0) is 0 Å². The van der Waals surface area contributed by atoms with Crippen LogP contribution < -0.4 is 0 Å². The molecule has 1 rings (SSSR count). The fourth-order valence-corrected chi connectivity index (χ4v) is 2.34. The second-order valence-corrected chi connectivity index (χ2v) is 5.39. The molecular formula is C12H22O11. The van der Waals surface area contributed by atoms with E-state index in [9.17, 15) is 40.5 Å². The molecule has 0 aromatic heterocycles. The van der Waals surface area contributed by atoms with Gasteiger partial charge in [0, 0.05) is 0 Å². The summed E-state index contributed by atoms with van der Waals surface area (Å²) in [6, 6.07) is 0. The number of aliphatic hydroxyl groups excluding tert-OH is 8. The molecule has 1 heterocycles. The first kappa shape index (κ1) is 20.3. The highest BCUT2D eigenvalue weighted by atomic mass is 16.6. The van der Waals surface area contributed by atoms with Gasteiger partial charge in [-0.2, -0.15) is 0 Å². The Kier molecular flexibility index (Phi) is 6.97. The van der Waals surface area contributed by atoms with E-state index in [2.05, 4.69) is 0 Å². The number of ketones is 1. The molecule has 0 aliphatic carbocycles. The van der Waals surface area contributed by atoms with E-state index in [0.29, 0.717) is 0 Å². The highest BCUT2D eigenvalue weighted by Crippen LogP contribution is 2.30. The highest BCUT2D eigenvalue weighted by molar-refractivity contribution is 5.92. The molecule has 0 radical (unpaired) electrons. The zero-order valence-electron chi connectivity index (χ0n) is 12.0. The lowest BCUT2D eigenvalue weighted by atomic mass is 9.80. The molecule has 0 aromatic rings. The topological polar surface area (TPSA) is 208 Å². The summed E-state index contributed by atoms with van der Waals surface area (Å²) in [4.78, 5) is 12.1. The average Bonchev–Trinajstić information content (AvgIpc) is 2.57. The number of hydrogen-bond donors (Lipinski definition) is 9. The molecule has 23 heavy (non-hydrogen) atoms. The number of carbonyl (C=O) groups excluding carboxylic acids is 1. The molecule has 1 fully saturated rings. The van der Waals surface area contributed by atoms with Crippen LogP contribution in [0.3, 0.4) is 0 Å². The molecule has 11 heteroatoms. The van der Waals surface area contributed by atoms with Crippen LogP contribution in [0.25, 0.3) is 0 Å². The Morgan fingerprint density at radius 2 is 1.61 bits per heavy atom. The molecule has 11 nitrogen and oxygen atoms in total. The standard InChI is InChI=1S/C12H22O11/c13-1-4(16)6(17)10(21)12(22,3-15)11-9(20)8(19)7(18)5(2-14)23-11/h4-9,11,13-20,22H,1-3H2/t4?,5-,6-,7-,8+,9-,11+,12-/m1/s1. The van der Waals surface area contributed by atoms with Gasteiger partial charge in [-0.3, -0.25) is 4.79 Å². The summed E-state index contributed by atoms with van der Waals surface area (Å²) in [5.74, 6) is -1.58. The Labute approximate surface area is 130 Å². The van der Waals surface area contributed by atoms with Crippen molar-refractivity contribution in [2.45, 2.75) is 48.3 Å². The summed E-state index contributed by atoms with van der Waals surface area (Å²) in [5, 5.41) is 85.4. The average molecular weight is 342 g/mol. The number of rotatable bonds is 7. The van der Waals surface area contributed by atoms with Crippen molar-refractivity contribution in [3.05, 3.63) is 0 Å². The Morgan fingerprint density at radius 3 is 2.04 bits per heavy atom. The molecule has 1 aliphatic heterocycles. The van der Waals surface area contributed by atoms with Crippen molar-refractivity contribution >= 4 is 5.78 Å². The number of ether oxygens (including phenoxy) is 1. The number of carbonyl (C=O) groups is 1. The van der Waals surface area contributed by atoms with Crippen LogP contribution in [0.1, 0.15) is 0 Å². The Hall–Kier alpha value is -0.730. The minimum absolute atomic E-state index is 0.834. The largest absolute Gasteiger partial charge is 0.394 e. The van der Waals surface area contributed by atoms with E-state index in [1.54, 1.807) is 0 Å². The fourth-order valence-electron chi connectivity index (χ4n) is 2.34. The maximum atomic E-state index is 12.1. The van der Waals surface area contributed by atoms with Gasteiger partial charge in [-0.1, -0.05) is 0 Å². The molecule has 0 amide bonds. The predicted molar refractivity (Wildman–Crippen MR) is 69.9 cm³/mol. The first-order valence-electron chi connectivity index (χ1n) is 6.80. The van der Waals surface area contributed by atoms with Crippen LogP contribution in [0.5, 0.6) is 0 Å². The van der Waals surface area contributed by atoms with Crippen molar-refractivity contribution in [3.63, 3.8) is 0 Å². The van der Waals surface area contributed by atoms with Gasteiger partial charge >= 0.3 is 0 Å². The predicted octanol–water partition coefficient (Wildman–Crippen LogP) is -6.16. The van der Waals surface area contributed by atoms with Crippen LogP contribution in [-0.4, -0.2) is 120 Å². The molecule has 136 valence electrons. The first-order chi connectivity index (χ1) is 10.6. The zero-order chi connectivity index (χ0) is 17.9. The summed E-state index contributed by atoms with van der Waals surface area (Å²) < 4.78 is 4.98. The van der Waals surface area contributed by atoms with Gasteiger partial charge in [-0.15, -0.1) is 0 Å². The van der Waals surface area contributed by atoms with Gasteiger partial charge in [-0.25, -0.2) is 0 Å². The fraction of sp³-hybridized carbons (Fsp3) is 0.917. The van der Waals surface area contributed by atoms with E-state index < -0.39 is 73.9 Å². The lowest BCUT2D eigenvalue weighted by Crippen LogP contribution is -2.70. The minimum Gasteiger partial charge on any atom is -0.394 e. The number of Topliss-reactive ketones (excluding diaryl/α,β-unsaturated/α-hetero) is 1. The SMILES string of the molecule is O=C([C@H](O)C(O)CO)[C@](O)(CO)[C@H]1O[C@H](CO)[C@@H](O)[C@H](O)[C@H]1O. The summed E-state index contributed by atoms with van der Waals surface area (Å²) in [6.07, 6.45) is -13.5. The minimum atomic E-state index is -2.97. The van der Waals surface area contributed by atoms with Crippen LogP contribution in [0.15, 0.2) is 0 Å². The van der Waals surface area contributed by atoms with Gasteiger partial charge in [0.2, 0.25) is 5.78 Å². The van der Waals surface area contributed by atoms with Crippen molar-refractivity contribution in [1.29, 1.82) is 0 Å². The first-order valence-corrected chi connectivity index (χ1v) is 6.80. The zero-order valence-corrected chi connectivity index (χ0v) is 12.0. The van der Waals surface area contributed by atoms with Crippen LogP contribution in [0.4, 0.5) is 0 Å². The van der Waals surface area contributed by atoms with Crippen molar-refractivity contribution in [2.75, 3.05) is 19.8 Å². The molecule has 8 atom stereocenters. The normalized spacial score (nSPS) is 37.0. The summed E-state index contributed by atoms with van der Waals surface area (Å²) in [7, 11) is 0. The molecule has 0 spiro atoms. The van der Waals surface area contributed by atoms with Crippen molar-refractivity contribution in [2.24, 2.45) is 0 Å². The van der Waals surface area contributed by atoms with E-state index in [-0.39, 0.29) is 0 Å². The quantitative estimate of drug-likeness (QED) is 0.212. The van der Waals surface area contributed by atoms with Crippen LogP contribution in [0.2, 0.25) is 0 Å². The van der Waals surface area contributed by atoms with E-state index in [0.717, 1.165) is 0 Å². The molecule has 1 aliphatic rings. The molecule has 0 saturated carbocycles. The molecule has 0 bridgehead atoms. The van der Waals surface area contributed by atoms with E-state index in [1.807, 2.05) is 0 Å². The summed E-state index contributed by atoms with van der Waals surface area (Å²) in [6.45, 7) is -3.23. The number of aliphatic hydroxyl groups is 9. The maximum absolute atomic E-state index is 12.1. The second-order valence-electron chi connectivity index (χ2n) is 5.39. The number of hydrogen-bond acceptors (Lipinski definition) is 11. The third kappa shape index (κ3) is 3.69. The van der Waals surface area contributed by atoms with Crippen molar-refractivity contribution in [3.8, 4) is 0 Å². The van der Waals surface area contributed by atoms with Gasteiger partial charge < -0.3 is 50.7 Å².